The molecule has 0 saturated carbocycles. The summed E-state index contributed by atoms with van der Waals surface area (Å²) < 4.78 is 31.4. The van der Waals surface area contributed by atoms with Gasteiger partial charge in [-0.2, -0.15) is 0 Å². The highest BCUT2D eigenvalue weighted by Crippen LogP contribution is 2.29. The van der Waals surface area contributed by atoms with Crippen molar-refractivity contribution in [3.05, 3.63) is 26.2 Å². The van der Waals surface area contributed by atoms with E-state index in [0.717, 1.165) is 13.6 Å². The molecule has 0 amide bonds. The minimum Gasteiger partial charge on any atom is -0.383 e. The van der Waals surface area contributed by atoms with Crippen molar-refractivity contribution < 1.29 is 13.2 Å². The second kappa shape index (κ2) is 6.90. The Labute approximate surface area is 148 Å². The summed E-state index contributed by atoms with van der Waals surface area (Å²) in [6, 6.07) is 5.63. The Morgan fingerprint density at radius 2 is 2.14 bits per heavy atom. The SMILES string of the molecule is COCCn1c(-c2cc(Br)ccc2I)nnc1S(=O)(=O)Cl. The molecule has 0 spiro atoms. The molecule has 0 fully saturated rings. The van der Waals surface area contributed by atoms with Gasteiger partial charge in [-0.25, -0.2) is 8.42 Å². The Balaban J connectivity index is 2.63. The molecule has 1 aromatic heterocycles. The average molecular weight is 507 g/mol. The van der Waals surface area contributed by atoms with Crippen molar-refractivity contribution in [2.45, 2.75) is 11.7 Å². The molecule has 0 saturated heterocycles. The van der Waals surface area contributed by atoms with Gasteiger partial charge in [0.05, 0.1) is 13.2 Å². The predicted molar refractivity (Wildman–Crippen MR) is 90.8 cm³/mol. The third kappa shape index (κ3) is 3.95. The minimum absolute atomic E-state index is 0.280. The van der Waals surface area contributed by atoms with Crippen molar-refractivity contribution in [1.82, 2.24) is 14.8 Å². The van der Waals surface area contributed by atoms with E-state index in [2.05, 4.69) is 48.7 Å². The van der Waals surface area contributed by atoms with Gasteiger partial charge in [0, 0.05) is 31.4 Å². The van der Waals surface area contributed by atoms with Crippen molar-refractivity contribution in [3.8, 4) is 11.4 Å². The Morgan fingerprint density at radius 3 is 2.76 bits per heavy atom. The fourth-order valence-corrected chi connectivity index (χ4v) is 3.58. The van der Waals surface area contributed by atoms with Crippen molar-refractivity contribution in [1.29, 1.82) is 0 Å². The lowest BCUT2D eigenvalue weighted by Gasteiger charge is -2.10. The van der Waals surface area contributed by atoms with Crippen LogP contribution in [0.4, 0.5) is 0 Å². The van der Waals surface area contributed by atoms with E-state index in [1.807, 2.05) is 18.2 Å². The van der Waals surface area contributed by atoms with E-state index in [4.69, 9.17) is 15.4 Å². The standard InChI is InChI=1S/C11H10BrClIN3O3S/c1-20-5-4-17-10(15-16-11(17)21(13,18)19)8-6-7(12)2-3-9(8)14/h2-3,6H,4-5H2,1H3. The van der Waals surface area contributed by atoms with Crippen LogP contribution in [-0.4, -0.2) is 36.9 Å². The molecule has 0 aliphatic carbocycles. The van der Waals surface area contributed by atoms with Gasteiger partial charge in [-0.3, -0.25) is 4.57 Å². The van der Waals surface area contributed by atoms with Gasteiger partial charge in [0.25, 0.3) is 14.2 Å². The highest BCUT2D eigenvalue weighted by molar-refractivity contribution is 14.1. The maximum absolute atomic E-state index is 11.6. The van der Waals surface area contributed by atoms with Crippen molar-refractivity contribution in [3.63, 3.8) is 0 Å². The van der Waals surface area contributed by atoms with E-state index < -0.39 is 9.05 Å². The first-order valence-electron chi connectivity index (χ1n) is 5.67. The molecule has 21 heavy (non-hydrogen) atoms. The second-order valence-corrected chi connectivity index (χ2v) is 8.55. The Hall–Kier alpha value is -0.230. The first kappa shape index (κ1) is 17.1. The first-order valence-corrected chi connectivity index (χ1v) is 9.85. The third-order valence-corrected chi connectivity index (χ3v) is 5.21. The smallest absolute Gasteiger partial charge is 0.296 e. The number of nitrogens with zero attached hydrogens (tertiary/aromatic N) is 3. The van der Waals surface area contributed by atoms with Gasteiger partial charge in [-0.1, -0.05) is 15.9 Å². The summed E-state index contributed by atoms with van der Waals surface area (Å²) >= 11 is 5.54. The van der Waals surface area contributed by atoms with Crippen LogP contribution in [0.25, 0.3) is 11.4 Å². The van der Waals surface area contributed by atoms with Crippen LogP contribution in [0.5, 0.6) is 0 Å². The van der Waals surface area contributed by atoms with Crippen molar-refractivity contribution in [2.24, 2.45) is 0 Å². The normalized spacial score (nSPS) is 11.8. The largest absolute Gasteiger partial charge is 0.383 e. The second-order valence-electron chi connectivity index (χ2n) is 4.01. The van der Waals surface area contributed by atoms with Gasteiger partial charge in [-0.05, 0) is 40.8 Å². The molecule has 0 atom stereocenters. The number of ether oxygens (including phenoxy) is 1. The zero-order valence-electron chi connectivity index (χ0n) is 10.8. The number of hydrogen-bond donors (Lipinski definition) is 0. The number of aromatic nitrogens is 3. The number of hydrogen-bond acceptors (Lipinski definition) is 5. The van der Waals surface area contributed by atoms with Gasteiger partial charge in [0.15, 0.2) is 5.82 Å². The Morgan fingerprint density at radius 1 is 1.43 bits per heavy atom. The van der Waals surface area contributed by atoms with Crippen LogP contribution in [0.2, 0.25) is 0 Å². The monoisotopic (exact) mass is 505 g/mol. The minimum atomic E-state index is -3.98. The van der Waals surface area contributed by atoms with Gasteiger partial charge < -0.3 is 4.74 Å². The van der Waals surface area contributed by atoms with Gasteiger partial charge in [0.2, 0.25) is 0 Å². The lowest BCUT2D eigenvalue weighted by atomic mass is 10.2. The van der Waals surface area contributed by atoms with Crippen LogP contribution in [0.1, 0.15) is 0 Å². The van der Waals surface area contributed by atoms with E-state index in [1.54, 1.807) is 0 Å². The zero-order valence-corrected chi connectivity index (χ0v) is 16.1. The summed E-state index contributed by atoms with van der Waals surface area (Å²) in [7, 11) is 2.96. The van der Waals surface area contributed by atoms with Gasteiger partial charge in [-0.15, -0.1) is 10.2 Å². The van der Waals surface area contributed by atoms with Crippen molar-refractivity contribution >= 4 is 58.3 Å². The predicted octanol–water partition coefficient (Wildman–Crippen LogP) is 2.89. The van der Waals surface area contributed by atoms with Crippen LogP contribution in [0, 0.1) is 3.57 Å². The molecule has 0 unspecified atom stereocenters. The lowest BCUT2D eigenvalue weighted by molar-refractivity contribution is 0.185. The Kier molecular flexibility index (Phi) is 5.63. The van der Waals surface area contributed by atoms with Crippen LogP contribution in [-0.2, 0) is 20.3 Å². The molecule has 0 radical (unpaired) electrons. The van der Waals surface area contributed by atoms with Crippen LogP contribution >= 0.6 is 49.2 Å². The van der Waals surface area contributed by atoms with E-state index in [9.17, 15) is 8.42 Å². The van der Waals surface area contributed by atoms with Gasteiger partial charge in [0.1, 0.15) is 0 Å². The molecule has 10 heteroatoms. The molecule has 0 bridgehead atoms. The van der Waals surface area contributed by atoms with Crippen LogP contribution in [0.3, 0.4) is 0 Å². The van der Waals surface area contributed by atoms with Gasteiger partial charge >= 0.3 is 0 Å². The zero-order chi connectivity index (χ0) is 15.6. The van der Waals surface area contributed by atoms with Crippen LogP contribution in [0.15, 0.2) is 27.8 Å². The molecule has 0 aliphatic rings. The van der Waals surface area contributed by atoms with E-state index in [-0.39, 0.29) is 11.7 Å². The molecular formula is C11H10BrClIN3O3S. The maximum Gasteiger partial charge on any atom is 0.296 e. The molecule has 2 rings (SSSR count). The summed E-state index contributed by atoms with van der Waals surface area (Å²) in [5.41, 5.74) is 0.764. The molecule has 114 valence electrons. The number of benzene rings is 1. The summed E-state index contributed by atoms with van der Waals surface area (Å²) in [5, 5.41) is 7.40. The van der Waals surface area contributed by atoms with E-state index in [0.29, 0.717) is 12.4 Å². The highest BCUT2D eigenvalue weighted by atomic mass is 127. The van der Waals surface area contributed by atoms with Crippen LogP contribution < -0.4 is 0 Å². The average Bonchev–Trinajstić information content (AvgIpc) is 2.82. The summed E-state index contributed by atoms with van der Waals surface area (Å²) in [4.78, 5) is 0. The molecule has 0 N–H and O–H groups in total. The lowest BCUT2D eigenvalue weighted by Crippen LogP contribution is -2.11. The third-order valence-electron chi connectivity index (χ3n) is 2.62. The summed E-state index contributed by atoms with van der Waals surface area (Å²) in [6.45, 7) is 0.595. The summed E-state index contributed by atoms with van der Waals surface area (Å²) in [6.07, 6.45) is 0. The molecule has 1 heterocycles. The fourth-order valence-electron chi connectivity index (χ4n) is 1.72. The highest BCUT2D eigenvalue weighted by Gasteiger charge is 2.24. The number of methoxy groups -OCH3 is 1. The van der Waals surface area contributed by atoms with Crippen molar-refractivity contribution in [2.75, 3.05) is 13.7 Å². The summed E-state index contributed by atoms with van der Waals surface area (Å²) in [5.74, 6) is 0.428. The Bertz CT molecular complexity index is 766. The molecule has 1 aromatic carbocycles. The molecule has 0 aliphatic heterocycles. The quantitative estimate of drug-likeness (QED) is 0.461. The number of rotatable bonds is 5. The maximum atomic E-state index is 11.6. The first-order chi connectivity index (χ1) is 9.84. The fraction of sp³-hybridized carbons (Fsp3) is 0.273. The van der Waals surface area contributed by atoms with E-state index >= 15 is 0 Å². The molecular weight excluding hydrogens is 496 g/mol. The molecule has 2 aromatic rings. The number of halogens is 3. The van der Waals surface area contributed by atoms with E-state index in [1.165, 1.54) is 11.7 Å². The topological polar surface area (TPSA) is 74.1 Å². The molecule has 6 nitrogen and oxygen atoms in total.